The van der Waals surface area contributed by atoms with E-state index in [1.807, 2.05) is 49.5 Å². The highest BCUT2D eigenvalue weighted by molar-refractivity contribution is 6.30. The summed E-state index contributed by atoms with van der Waals surface area (Å²) in [7, 11) is 3.88. The lowest BCUT2D eigenvalue weighted by Crippen LogP contribution is -2.32. The van der Waals surface area contributed by atoms with Crippen LogP contribution in [0.2, 0.25) is 5.02 Å². The lowest BCUT2D eigenvalue weighted by Gasteiger charge is -2.28. The fraction of sp³-hybridized carbons (Fsp3) is 0.522. The minimum atomic E-state index is -0.000385. The van der Waals surface area contributed by atoms with Crippen molar-refractivity contribution in [2.24, 2.45) is 5.92 Å². The molecule has 0 bridgehead atoms. The van der Waals surface area contributed by atoms with Gasteiger partial charge in [-0.05, 0) is 49.3 Å². The summed E-state index contributed by atoms with van der Waals surface area (Å²) in [6.45, 7) is 0.812. The van der Waals surface area contributed by atoms with E-state index in [2.05, 4.69) is 9.88 Å². The number of aromatic nitrogens is 2. The predicted octanol–water partition coefficient (Wildman–Crippen LogP) is 5.11. The molecule has 5 nitrogen and oxygen atoms in total. The first-order valence-corrected chi connectivity index (χ1v) is 11.0. The number of hydrogen-bond donors (Lipinski definition) is 0. The van der Waals surface area contributed by atoms with Gasteiger partial charge in [0.15, 0.2) is 0 Å². The van der Waals surface area contributed by atoms with Crippen LogP contribution < -0.4 is 4.90 Å². The average Bonchev–Trinajstić information content (AvgIpc) is 3.39. The van der Waals surface area contributed by atoms with Gasteiger partial charge in [0.05, 0.1) is 11.7 Å². The summed E-state index contributed by atoms with van der Waals surface area (Å²) >= 11 is 6.25. The van der Waals surface area contributed by atoms with Crippen molar-refractivity contribution in [3.8, 4) is 11.1 Å². The number of rotatable bonds is 5. The van der Waals surface area contributed by atoms with Crippen LogP contribution in [0.15, 0.2) is 30.5 Å². The van der Waals surface area contributed by atoms with Crippen molar-refractivity contribution >= 4 is 23.5 Å². The van der Waals surface area contributed by atoms with Crippen molar-refractivity contribution in [3.05, 3.63) is 41.2 Å². The number of anilines is 1. The Balaban J connectivity index is 1.69. The molecule has 1 saturated carbocycles. The number of carbonyl (C=O) groups is 1. The monoisotopic (exact) mass is 412 g/mol. The molecule has 29 heavy (non-hydrogen) atoms. The van der Waals surface area contributed by atoms with Gasteiger partial charge in [0.25, 0.3) is 0 Å². The van der Waals surface area contributed by atoms with E-state index in [0.29, 0.717) is 23.3 Å². The maximum atomic E-state index is 13.2. The van der Waals surface area contributed by atoms with E-state index in [4.69, 9.17) is 16.6 Å². The Morgan fingerprint density at radius 3 is 2.72 bits per heavy atom. The summed E-state index contributed by atoms with van der Waals surface area (Å²) in [5, 5.41) is 0.686. The fourth-order valence-corrected chi connectivity index (χ4v) is 4.85. The van der Waals surface area contributed by atoms with Crippen LogP contribution in [0.1, 0.15) is 56.7 Å². The van der Waals surface area contributed by atoms with E-state index in [-0.39, 0.29) is 11.9 Å². The molecule has 1 amide bonds. The molecule has 2 heterocycles. The predicted molar refractivity (Wildman–Crippen MR) is 117 cm³/mol. The number of hydrogen-bond acceptors (Lipinski definition) is 4. The Kier molecular flexibility index (Phi) is 6.04. The SMILES string of the molecule is CN(C)c1ncc(-c2cccc(Cl)c2)c([C@@H]2CCCN2C(=O)CC2CCCC2)n1. The summed E-state index contributed by atoms with van der Waals surface area (Å²) in [5.41, 5.74) is 2.89. The van der Waals surface area contributed by atoms with Crippen molar-refractivity contribution in [1.82, 2.24) is 14.9 Å². The van der Waals surface area contributed by atoms with E-state index in [0.717, 1.165) is 36.2 Å². The summed E-state index contributed by atoms with van der Waals surface area (Å²) in [6, 6.07) is 7.78. The first-order chi connectivity index (χ1) is 14.0. The second-order valence-corrected chi connectivity index (χ2v) is 8.91. The Hall–Kier alpha value is -2.14. The quantitative estimate of drug-likeness (QED) is 0.684. The van der Waals surface area contributed by atoms with Crippen LogP contribution in [0.3, 0.4) is 0 Å². The molecule has 1 aromatic heterocycles. The van der Waals surface area contributed by atoms with Crippen molar-refractivity contribution in [3.63, 3.8) is 0 Å². The maximum Gasteiger partial charge on any atom is 0.225 e. The lowest BCUT2D eigenvalue weighted by atomic mass is 9.98. The molecule has 1 aliphatic heterocycles. The van der Waals surface area contributed by atoms with E-state index >= 15 is 0 Å². The van der Waals surface area contributed by atoms with Crippen LogP contribution in [-0.2, 0) is 4.79 Å². The van der Waals surface area contributed by atoms with Gasteiger partial charge < -0.3 is 9.80 Å². The molecule has 1 aromatic carbocycles. The zero-order chi connectivity index (χ0) is 20.4. The molecule has 1 aliphatic carbocycles. The van der Waals surface area contributed by atoms with Gasteiger partial charge in [0.2, 0.25) is 11.9 Å². The molecule has 1 atom stereocenters. The second kappa shape index (κ2) is 8.70. The van der Waals surface area contributed by atoms with E-state index < -0.39 is 0 Å². The third-order valence-electron chi connectivity index (χ3n) is 6.17. The van der Waals surface area contributed by atoms with E-state index in [1.165, 1.54) is 25.7 Å². The highest BCUT2D eigenvalue weighted by Gasteiger charge is 2.34. The van der Waals surface area contributed by atoms with Crippen LogP contribution >= 0.6 is 11.6 Å². The molecular weight excluding hydrogens is 384 g/mol. The van der Waals surface area contributed by atoms with Crippen molar-refractivity contribution in [2.45, 2.75) is 51.0 Å². The molecule has 2 fully saturated rings. The number of halogens is 1. The summed E-state index contributed by atoms with van der Waals surface area (Å²) in [5.74, 6) is 1.50. The molecule has 0 spiro atoms. The molecule has 154 valence electrons. The Bertz CT molecular complexity index is 879. The van der Waals surface area contributed by atoms with Gasteiger partial charge in [-0.15, -0.1) is 0 Å². The number of benzene rings is 1. The van der Waals surface area contributed by atoms with Gasteiger partial charge in [-0.2, -0.15) is 0 Å². The first kappa shape index (κ1) is 20.1. The molecule has 0 unspecified atom stereocenters. The smallest absolute Gasteiger partial charge is 0.225 e. The number of likely N-dealkylation sites (tertiary alicyclic amines) is 1. The Morgan fingerprint density at radius 2 is 2.00 bits per heavy atom. The van der Waals surface area contributed by atoms with E-state index in [9.17, 15) is 4.79 Å². The lowest BCUT2D eigenvalue weighted by molar-refractivity contribution is -0.133. The molecule has 6 heteroatoms. The zero-order valence-corrected chi connectivity index (χ0v) is 18.0. The largest absolute Gasteiger partial charge is 0.347 e. The molecule has 2 aliphatic rings. The van der Waals surface area contributed by atoms with Gasteiger partial charge >= 0.3 is 0 Å². The number of nitrogens with zero attached hydrogens (tertiary/aromatic N) is 4. The fourth-order valence-electron chi connectivity index (χ4n) is 4.66. The summed E-state index contributed by atoms with van der Waals surface area (Å²) < 4.78 is 0. The van der Waals surface area contributed by atoms with Gasteiger partial charge in [-0.3, -0.25) is 4.79 Å². The van der Waals surface area contributed by atoms with Crippen LogP contribution in [-0.4, -0.2) is 41.4 Å². The molecular formula is C23H29ClN4O. The molecule has 0 N–H and O–H groups in total. The minimum absolute atomic E-state index is 0.000385. The average molecular weight is 413 g/mol. The summed E-state index contributed by atoms with van der Waals surface area (Å²) in [4.78, 5) is 26.6. The zero-order valence-electron chi connectivity index (χ0n) is 17.3. The topological polar surface area (TPSA) is 49.3 Å². The molecule has 2 aromatic rings. The summed E-state index contributed by atoms with van der Waals surface area (Å²) in [6.07, 6.45) is 9.41. The van der Waals surface area contributed by atoms with Gasteiger partial charge in [0.1, 0.15) is 0 Å². The minimum Gasteiger partial charge on any atom is -0.347 e. The maximum absolute atomic E-state index is 13.2. The first-order valence-electron chi connectivity index (χ1n) is 10.6. The van der Waals surface area contributed by atoms with Crippen LogP contribution in [0, 0.1) is 5.92 Å². The van der Waals surface area contributed by atoms with E-state index in [1.54, 1.807) is 0 Å². The van der Waals surface area contributed by atoms with Gasteiger partial charge in [-0.25, -0.2) is 9.97 Å². The molecule has 0 radical (unpaired) electrons. The van der Waals surface area contributed by atoms with Crippen LogP contribution in [0.4, 0.5) is 5.95 Å². The van der Waals surface area contributed by atoms with Gasteiger partial charge in [-0.1, -0.05) is 36.6 Å². The van der Waals surface area contributed by atoms with Crippen LogP contribution in [0.5, 0.6) is 0 Å². The number of amides is 1. The number of carbonyl (C=O) groups excluding carboxylic acids is 1. The third-order valence-corrected chi connectivity index (χ3v) is 6.40. The van der Waals surface area contributed by atoms with Crippen molar-refractivity contribution in [1.29, 1.82) is 0 Å². The second-order valence-electron chi connectivity index (χ2n) is 8.47. The normalized spacial score (nSPS) is 19.7. The Morgan fingerprint density at radius 1 is 1.21 bits per heavy atom. The van der Waals surface area contributed by atoms with Crippen molar-refractivity contribution < 1.29 is 4.79 Å². The highest BCUT2D eigenvalue weighted by atomic mass is 35.5. The molecule has 1 saturated heterocycles. The van der Waals surface area contributed by atoms with Gasteiger partial charge in [0, 0.05) is 43.8 Å². The molecule has 4 rings (SSSR count). The standard InChI is InChI=1S/C23H29ClN4O/c1-27(2)23-25-15-19(17-9-5-10-18(24)14-17)22(26-23)20-11-6-12-28(20)21(29)13-16-7-3-4-8-16/h5,9-10,14-16,20H,3-4,6-8,11-13H2,1-2H3/t20-/m0/s1. The Labute approximate surface area is 178 Å². The van der Waals surface area contributed by atoms with Crippen LogP contribution in [0.25, 0.3) is 11.1 Å². The third kappa shape index (κ3) is 4.40. The highest BCUT2D eigenvalue weighted by Crippen LogP contribution is 2.39. The van der Waals surface area contributed by atoms with Crippen molar-refractivity contribution in [2.75, 3.05) is 25.5 Å².